The molecular formula is C12H22N4O2S. The van der Waals surface area contributed by atoms with Crippen molar-refractivity contribution in [2.75, 3.05) is 12.8 Å². The fourth-order valence-corrected chi connectivity index (χ4v) is 2.85. The van der Waals surface area contributed by atoms with Gasteiger partial charge in [-0.1, -0.05) is 13.3 Å². The minimum absolute atomic E-state index is 0.176. The second kappa shape index (κ2) is 4.86. The van der Waals surface area contributed by atoms with Crippen molar-refractivity contribution in [2.24, 2.45) is 0 Å². The van der Waals surface area contributed by atoms with Crippen molar-refractivity contribution in [1.82, 2.24) is 20.1 Å². The maximum Gasteiger partial charge on any atom is 0.159 e. The predicted molar refractivity (Wildman–Crippen MR) is 73.5 cm³/mol. The molecule has 1 atom stereocenters. The first-order chi connectivity index (χ1) is 8.79. The molecule has 0 aliphatic carbocycles. The minimum atomic E-state index is -3.23. The molecule has 0 bridgehead atoms. The van der Waals surface area contributed by atoms with Crippen molar-refractivity contribution in [2.45, 2.75) is 50.9 Å². The van der Waals surface area contributed by atoms with Gasteiger partial charge in [0.1, 0.15) is 10.6 Å². The Hall–Kier alpha value is -0.950. The number of fused-ring (bicyclic) bond motifs is 1. The molecule has 108 valence electrons. The highest BCUT2D eigenvalue weighted by atomic mass is 32.2. The number of sulfone groups is 1. The fraction of sp³-hybridized carbons (Fsp3) is 0.833. The van der Waals surface area contributed by atoms with Crippen molar-refractivity contribution in [3.8, 4) is 0 Å². The molecule has 1 N–H and O–H groups in total. The molecular weight excluding hydrogens is 264 g/mol. The summed E-state index contributed by atoms with van der Waals surface area (Å²) in [7, 11) is -3.23. The van der Waals surface area contributed by atoms with Crippen LogP contribution in [0.5, 0.6) is 0 Å². The Labute approximate surface area is 114 Å². The zero-order chi connectivity index (χ0) is 14.3. The summed E-state index contributed by atoms with van der Waals surface area (Å²) in [6, 6.07) is 0.176. The minimum Gasteiger partial charge on any atom is -0.311 e. The number of nitrogens with zero attached hydrogens (tertiary/aromatic N) is 3. The van der Waals surface area contributed by atoms with Gasteiger partial charge < -0.3 is 9.88 Å². The first-order valence-electron chi connectivity index (χ1n) is 6.65. The standard InChI is InChI=1S/C12H22N4O2S/c1-5-6-9-10-14-15-11(16(10)8-7-13-9)12(2,3)19(4,17)18/h9,13H,5-8H2,1-4H3. The lowest BCUT2D eigenvalue weighted by Crippen LogP contribution is -2.38. The van der Waals surface area contributed by atoms with E-state index < -0.39 is 14.6 Å². The second-order valence-electron chi connectivity index (χ2n) is 5.61. The van der Waals surface area contributed by atoms with E-state index in [1.807, 2.05) is 4.57 Å². The Morgan fingerprint density at radius 1 is 1.42 bits per heavy atom. The molecule has 0 fully saturated rings. The van der Waals surface area contributed by atoms with E-state index in [4.69, 9.17) is 0 Å². The van der Waals surface area contributed by atoms with Gasteiger partial charge in [0.05, 0.1) is 6.04 Å². The Morgan fingerprint density at radius 2 is 2.11 bits per heavy atom. The zero-order valence-corrected chi connectivity index (χ0v) is 12.8. The predicted octanol–water partition coefficient (Wildman–Crippen LogP) is 1.00. The molecule has 1 aliphatic rings. The molecule has 1 aliphatic heterocycles. The van der Waals surface area contributed by atoms with Crippen molar-refractivity contribution < 1.29 is 8.42 Å². The van der Waals surface area contributed by atoms with Crippen LogP contribution in [0.4, 0.5) is 0 Å². The molecule has 6 nitrogen and oxygen atoms in total. The average Bonchev–Trinajstić information content (AvgIpc) is 2.73. The van der Waals surface area contributed by atoms with Crippen molar-refractivity contribution in [3.05, 3.63) is 11.6 Å². The third-order valence-electron chi connectivity index (χ3n) is 3.86. The van der Waals surface area contributed by atoms with E-state index >= 15 is 0 Å². The number of hydrogen-bond donors (Lipinski definition) is 1. The van der Waals surface area contributed by atoms with Gasteiger partial charge >= 0.3 is 0 Å². The summed E-state index contributed by atoms with van der Waals surface area (Å²) in [5, 5.41) is 11.8. The normalized spacial score (nSPS) is 20.3. The van der Waals surface area contributed by atoms with E-state index in [0.29, 0.717) is 5.82 Å². The van der Waals surface area contributed by atoms with E-state index in [0.717, 1.165) is 31.8 Å². The summed E-state index contributed by atoms with van der Waals surface area (Å²) in [4.78, 5) is 0. The zero-order valence-electron chi connectivity index (χ0n) is 12.0. The van der Waals surface area contributed by atoms with Crippen molar-refractivity contribution >= 4 is 9.84 Å². The molecule has 0 aromatic carbocycles. The van der Waals surface area contributed by atoms with Gasteiger partial charge in [0.15, 0.2) is 15.7 Å². The number of nitrogens with one attached hydrogen (secondary N) is 1. The van der Waals surface area contributed by atoms with Crippen LogP contribution in [-0.2, 0) is 21.1 Å². The Kier molecular flexibility index (Phi) is 3.70. The summed E-state index contributed by atoms with van der Waals surface area (Å²) < 4.78 is 24.9. The van der Waals surface area contributed by atoms with E-state index in [1.54, 1.807) is 13.8 Å². The van der Waals surface area contributed by atoms with Gasteiger partial charge in [0.2, 0.25) is 0 Å². The van der Waals surface area contributed by atoms with Crippen LogP contribution in [-0.4, -0.2) is 36.0 Å². The van der Waals surface area contributed by atoms with Gasteiger partial charge in [-0.2, -0.15) is 0 Å². The molecule has 1 aromatic rings. The topological polar surface area (TPSA) is 76.9 Å². The highest BCUT2D eigenvalue weighted by Crippen LogP contribution is 2.31. The summed E-state index contributed by atoms with van der Waals surface area (Å²) in [6.07, 6.45) is 3.28. The lowest BCUT2D eigenvalue weighted by molar-refractivity contribution is 0.382. The van der Waals surface area contributed by atoms with Crippen LogP contribution in [0.3, 0.4) is 0 Å². The molecule has 1 unspecified atom stereocenters. The smallest absolute Gasteiger partial charge is 0.159 e. The van der Waals surface area contributed by atoms with Gasteiger partial charge in [-0.05, 0) is 20.3 Å². The second-order valence-corrected chi connectivity index (χ2v) is 8.18. The summed E-state index contributed by atoms with van der Waals surface area (Å²) in [6.45, 7) is 7.05. The van der Waals surface area contributed by atoms with Crippen LogP contribution in [0, 0.1) is 0 Å². The van der Waals surface area contributed by atoms with Gasteiger partial charge in [-0.15, -0.1) is 10.2 Å². The first kappa shape index (κ1) is 14.5. The maximum absolute atomic E-state index is 11.9. The summed E-state index contributed by atoms with van der Waals surface area (Å²) >= 11 is 0. The average molecular weight is 286 g/mol. The molecule has 2 rings (SSSR count). The molecule has 0 spiro atoms. The highest BCUT2D eigenvalue weighted by Gasteiger charge is 2.39. The SMILES string of the molecule is CCCC1NCCn2c1nnc2C(C)(C)S(C)(=O)=O. The lowest BCUT2D eigenvalue weighted by Gasteiger charge is -2.28. The van der Waals surface area contributed by atoms with E-state index in [9.17, 15) is 8.42 Å². The number of aromatic nitrogens is 3. The van der Waals surface area contributed by atoms with Crippen molar-refractivity contribution in [1.29, 1.82) is 0 Å². The molecule has 1 aromatic heterocycles. The molecule has 19 heavy (non-hydrogen) atoms. The van der Waals surface area contributed by atoms with Crippen LogP contribution >= 0.6 is 0 Å². The largest absolute Gasteiger partial charge is 0.311 e. The fourth-order valence-electron chi connectivity index (χ4n) is 2.37. The van der Waals surface area contributed by atoms with Crippen LogP contribution in [0.15, 0.2) is 0 Å². The van der Waals surface area contributed by atoms with Crippen LogP contribution < -0.4 is 5.32 Å². The van der Waals surface area contributed by atoms with Crippen molar-refractivity contribution in [3.63, 3.8) is 0 Å². The van der Waals surface area contributed by atoms with Crippen LogP contribution in [0.2, 0.25) is 0 Å². The van der Waals surface area contributed by atoms with Gasteiger partial charge in [0.25, 0.3) is 0 Å². The quantitative estimate of drug-likeness (QED) is 0.893. The van der Waals surface area contributed by atoms with E-state index in [2.05, 4.69) is 22.4 Å². The third kappa shape index (κ3) is 2.41. The van der Waals surface area contributed by atoms with Crippen LogP contribution in [0.25, 0.3) is 0 Å². The molecule has 0 amide bonds. The van der Waals surface area contributed by atoms with E-state index in [-0.39, 0.29) is 6.04 Å². The molecule has 0 saturated carbocycles. The number of hydrogen-bond acceptors (Lipinski definition) is 5. The Bertz CT molecular complexity index is 562. The maximum atomic E-state index is 11.9. The van der Waals surface area contributed by atoms with Gasteiger partial charge in [-0.3, -0.25) is 0 Å². The third-order valence-corrected chi connectivity index (χ3v) is 5.90. The molecule has 2 heterocycles. The Balaban J connectivity index is 2.47. The monoisotopic (exact) mass is 286 g/mol. The molecule has 0 radical (unpaired) electrons. The number of rotatable bonds is 4. The Morgan fingerprint density at radius 3 is 2.68 bits per heavy atom. The van der Waals surface area contributed by atoms with Gasteiger partial charge in [0, 0.05) is 19.3 Å². The summed E-state index contributed by atoms with van der Waals surface area (Å²) in [5.74, 6) is 1.41. The lowest BCUT2D eigenvalue weighted by atomic mass is 10.1. The molecule has 7 heteroatoms. The highest BCUT2D eigenvalue weighted by molar-refractivity contribution is 7.91. The van der Waals surface area contributed by atoms with Gasteiger partial charge in [-0.25, -0.2) is 8.42 Å². The van der Waals surface area contributed by atoms with Crippen LogP contribution in [0.1, 0.15) is 51.3 Å². The molecule has 0 saturated heterocycles. The summed E-state index contributed by atoms with van der Waals surface area (Å²) in [5.41, 5.74) is 0. The van der Waals surface area contributed by atoms with E-state index in [1.165, 1.54) is 6.26 Å². The first-order valence-corrected chi connectivity index (χ1v) is 8.54.